The molecule has 0 atom stereocenters. The Morgan fingerprint density at radius 1 is 1.16 bits per heavy atom. The Labute approximate surface area is 230 Å². The van der Waals surface area contributed by atoms with Gasteiger partial charge in [0.2, 0.25) is 5.43 Å². The van der Waals surface area contributed by atoms with Gasteiger partial charge in [0.1, 0.15) is 11.4 Å². The number of hydrogen-bond donors (Lipinski definition) is 1. The van der Waals surface area contributed by atoms with Crippen molar-refractivity contribution in [1.82, 2.24) is 14.8 Å². The minimum absolute atomic E-state index is 0.0661. The van der Waals surface area contributed by atoms with Crippen molar-refractivity contribution >= 4 is 57.3 Å². The number of hydrogen-bond acceptors (Lipinski definition) is 4. The van der Waals surface area contributed by atoms with Gasteiger partial charge in [-0.1, -0.05) is 47.8 Å². The van der Waals surface area contributed by atoms with E-state index in [1.165, 1.54) is 6.07 Å². The van der Waals surface area contributed by atoms with E-state index in [-0.39, 0.29) is 34.2 Å². The molecule has 10 heteroatoms. The number of carbonyl (C=O) groups excluding carboxylic acids is 1. The summed E-state index contributed by atoms with van der Waals surface area (Å²) in [5, 5.41) is 3.92. The van der Waals surface area contributed by atoms with Crippen molar-refractivity contribution in [3.8, 4) is 0 Å². The highest BCUT2D eigenvalue weighted by Crippen LogP contribution is 2.42. The van der Waals surface area contributed by atoms with Crippen LogP contribution < -0.4 is 15.6 Å². The molecule has 6 nitrogen and oxygen atoms in total. The number of nitrogens with one attached hydrogen (secondary N) is 1. The van der Waals surface area contributed by atoms with E-state index in [4.69, 9.17) is 34.8 Å². The average Bonchev–Trinajstić information content (AvgIpc) is 3.69. The Balaban J connectivity index is 1.68. The maximum atomic E-state index is 15.4. The van der Waals surface area contributed by atoms with Crippen molar-refractivity contribution in [3.05, 3.63) is 72.7 Å². The van der Waals surface area contributed by atoms with Crippen LogP contribution in [-0.2, 0) is 6.54 Å². The Morgan fingerprint density at radius 2 is 1.89 bits per heavy atom. The van der Waals surface area contributed by atoms with Crippen LogP contribution in [0.2, 0.25) is 15.1 Å². The second kappa shape index (κ2) is 11.6. The molecule has 0 saturated heterocycles. The summed E-state index contributed by atoms with van der Waals surface area (Å²) in [5.41, 5.74) is 0.751. The molecule has 1 fully saturated rings. The first-order chi connectivity index (χ1) is 17.6. The topological polar surface area (TPSA) is 57.6 Å². The fraction of sp³-hybridized carbons (Fsp3) is 0.407. The smallest absolute Gasteiger partial charge is 0.257 e. The summed E-state index contributed by atoms with van der Waals surface area (Å²) in [4.78, 5) is 30.4. The molecule has 1 saturated carbocycles. The summed E-state index contributed by atoms with van der Waals surface area (Å²) in [6.45, 7) is 4.61. The van der Waals surface area contributed by atoms with Crippen LogP contribution in [0.15, 0.2) is 35.3 Å². The number of pyridine rings is 1. The van der Waals surface area contributed by atoms with Crippen LogP contribution in [0.1, 0.15) is 48.1 Å². The minimum Gasteiger partial charge on any atom is -0.371 e. The Morgan fingerprint density at radius 3 is 2.54 bits per heavy atom. The lowest BCUT2D eigenvalue weighted by Gasteiger charge is -2.24. The quantitative estimate of drug-likeness (QED) is 0.320. The molecule has 1 aromatic heterocycles. The van der Waals surface area contributed by atoms with Crippen molar-refractivity contribution in [2.24, 2.45) is 0 Å². The standard InChI is InChI=1S/C27H30Cl3FN4O2/c1-4-33(2)10-5-11-34(3)25-22(31)13-19-24(23(25)30)35(18-8-9-18)15-20(26(19)36)27(37)32-14-16-6-7-17(28)12-21(16)29/h6-7,12-13,15,18H,4-5,8-11,14H2,1-3H3,(H,32,37). The van der Waals surface area contributed by atoms with Crippen LogP contribution in [0.5, 0.6) is 0 Å². The summed E-state index contributed by atoms with van der Waals surface area (Å²) >= 11 is 18.9. The van der Waals surface area contributed by atoms with Gasteiger partial charge < -0.3 is 19.7 Å². The van der Waals surface area contributed by atoms with Gasteiger partial charge in [0.25, 0.3) is 5.91 Å². The molecular weight excluding hydrogens is 538 g/mol. The highest BCUT2D eigenvalue weighted by atomic mass is 35.5. The number of benzene rings is 2. The molecule has 2 aromatic carbocycles. The van der Waals surface area contributed by atoms with Gasteiger partial charge in [0, 0.05) is 42.4 Å². The number of aromatic nitrogens is 1. The maximum Gasteiger partial charge on any atom is 0.257 e. The van der Waals surface area contributed by atoms with E-state index in [0.29, 0.717) is 27.7 Å². The monoisotopic (exact) mass is 566 g/mol. The molecule has 1 aliphatic rings. The SMILES string of the molecule is CCN(C)CCCN(C)c1c(F)cc2c(=O)c(C(=O)NCc3ccc(Cl)cc3Cl)cn(C3CC3)c2c1Cl. The van der Waals surface area contributed by atoms with Crippen molar-refractivity contribution in [2.45, 2.75) is 38.8 Å². The normalized spacial score (nSPS) is 13.4. The molecule has 4 rings (SSSR count). The Kier molecular flexibility index (Phi) is 8.69. The Hall–Kier alpha value is -2.32. The molecule has 1 N–H and O–H groups in total. The van der Waals surface area contributed by atoms with Crippen LogP contribution in [-0.4, -0.2) is 49.1 Å². The third-order valence-corrected chi connectivity index (χ3v) is 7.72. The largest absolute Gasteiger partial charge is 0.371 e. The lowest BCUT2D eigenvalue weighted by molar-refractivity contribution is 0.0949. The fourth-order valence-electron chi connectivity index (χ4n) is 4.37. The number of rotatable bonds is 10. The van der Waals surface area contributed by atoms with E-state index in [1.807, 2.05) is 11.6 Å². The molecule has 0 unspecified atom stereocenters. The Bertz CT molecular complexity index is 1390. The molecule has 1 heterocycles. The zero-order valence-electron chi connectivity index (χ0n) is 21.1. The van der Waals surface area contributed by atoms with Gasteiger partial charge in [-0.3, -0.25) is 9.59 Å². The van der Waals surface area contributed by atoms with Crippen molar-refractivity contribution in [2.75, 3.05) is 38.6 Å². The van der Waals surface area contributed by atoms with Gasteiger partial charge in [0.05, 0.1) is 21.6 Å². The minimum atomic E-state index is -0.589. The van der Waals surface area contributed by atoms with Crippen molar-refractivity contribution < 1.29 is 9.18 Å². The third-order valence-electron chi connectivity index (χ3n) is 6.78. The molecule has 3 aromatic rings. The maximum absolute atomic E-state index is 15.4. The third kappa shape index (κ3) is 6.06. The van der Waals surface area contributed by atoms with Crippen LogP contribution in [0.4, 0.5) is 10.1 Å². The van der Waals surface area contributed by atoms with Gasteiger partial charge in [-0.05, 0) is 63.2 Å². The van der Waals surface area contributed by atoms with Gasteiger partial charge in [0.15, 0.2) is 0 Å². The predicted octanol–water partition coefficient (Wildman–Crippen LogP) is 6.14. The molecule has 0 bridgehead atoms. The molecule has 1 amide bonds. The summed E-state index contributed by atoms with van der Waals surface area (Å²) in [6, 6.07) is 6.27. The van der Waals surface area contributed by atoms with Gasteiger partial charge >= 0.3 is 0 Å². The van der Waals surface area contributed by atoms with E-state index in [9.17, 15) is 9.59 Å². The van der Waals surface area contributed by atoms with Gasteiger partial charge in [-0.25, -0.2) is 4.39 Å². The summed E-state index contributed by atoms with van der Waals surface area (Å²) in [6.07, 6.45) is 4.16. The van der Waals surface area contributed by atoms with Crippen molar-refractivity contribution in [1.29, 1.82) is 0 Å². The van der Waals surface area contributed by atoms with Gasteiger partial charge in [-0.15, -0.1) is 0 Å². The number of amides is 1. The number of anilines is 1. The van der Waals surface area contributed by atoms with E-state index in [2.05, 4.69) is 17.1 Å². The molecule has 0 radical (unpaired) electrons. The zero-order chi connectivity index (χ0) is 26.9. The van der Waals surface area contributed by atoms with E-state index in [0.717, 1.165) is 32.4 Å². The first kappa shape index (κ1) is 27.7. The van der Waals surface area contributed by atoms with Crippen LogP contribution in [0, 0.1) is 5.82 Å². The first-order valence-corrected chi connectivity index (χ1v) is 13.4. The van der Waals surface area contributed by atoms with Crippen LogP contribution >= 0.6 is 34.8 Å². The average molecular weight is 568 g/mol. The highest BCUT2D eigenvalue weighted by molar-refractivity contribution is 6.38. The summed E-state index contributed by atoms with van der Waals surface area (Å²) in [5.74, 6) is -1.15. The second-order valence-electron chi connectivity index (χ2n) is 9.52. The van der Waals surface area contributed by atoms with E-state index < -0.39 is 17.2 Å². The number of halogens is 4. The van der Waals surface area contributed by atoms with Crippen LogP contribution in [0.25, 0.3) is 10.9 Å². The highest BCUT2D eigenvalue weighted by Gasteiger charge is 2.30. The summed E-state index contributed by atoms with van der Waals surface area (Å²) in [7, 11) is 3.83. The number of nitrogens with zero attached hydrogens (tertiary/aromatic N) is 3. The molecule has 0 aliphatic heterocycles. The second-order valence-corrected chi connectivity index (χ2v) is 10.7. The molecular formula is C27H30Cl3FN4O2. The molecule has 1 aliphatic carbocycles. The van der Waals surface area contributed by atoms with Crippen molar-refractivity contribution in [3.63, 3.8) is 0 Å². The number of carbonyl (C=O) groups is 1. The lowest BCUT2D eigenvalue weighted by atomic mass is 10.1. The lowest BCUT2D eigenvalue weighted by Crippen LogP contribution is -2.30. The van der Waals surface area contributed by atoms with Crippen LogP contribution in [0.3, 0.4) is 0 Å². The van der Waals surface area contributed by atoms with E-state index in [1.54, 1.807) is 36.3 Å². The molecule has 0 spiro atoms. The summed E-state index contributed by atoms with van der Waals surface area (Å²) < 4.78 is 17.2. The fourth-order valence-corrected chi connectivity index (χ4v) is 5.28. The number of fused-ring (bicyclic) bond motifs is 1. The van der Waals surface area contributed by atoms with E-state index >= 15 is 4.39 Å². The van der Waals surface area contributed by atoms with Gasteiger partial charge in [-0.2, -0.15) is 0 Å². The molecule has 37 heavy (non-hydrogen) atoms. The zero-order valence-corrected chi connectivity index (χ0v) is 23.4. The molecule has 198 valence electrons. The first-order valence-electron chi connectivity index (χ1n) is 12.3. The predicted molar refractivity (Wildman–Crippen MR) is 150 cm³/mol.